The van der Waals surface area contributed by atoms with Crippen LogP contribution in [0.25, 0.3) is 11.4 Å². The van der Waals surface area contributed by atoms with Crippen LogP contribution in [0.4, 0.5) is 15.8 Å². The van der Waals surface area contributed by atoms with E-state index in [1.165, 1.54) is 18.2 Å². The molecule has 2 heterocycles. The summed E-state index contributed by atoms with van der Waals surface area (Å²) in [6.07, 6.45) is 1.69. The summed E-state index contributed by atoms with van der Waals surface area (Å²) in [6, 6.07) is 10.6. The van der Waals surface area contributed by atoms with E-state index < -0.39 is 4.92 Å². The summed E-state index contributed by atoms with van der Waals surface area (Å²) in [4.78, 5) is 29.6. The van der Waals surface area contributed by atoms with Gasteiger partial charge < -0.3 is 9.84 Å². The highest BCUT2D eigenvalue weighted by Gasteiger charge is 2.27. The maximum atomic E-state index is 13.5. The van der Waals surface area contributed by atoms with Crippen molar-refractivity contribution in [2.24, 2.45) is 0 Å². The van der Waals surface area contributed by atoms with Gasteiger partial charge in [0.2, 0.25) is 17.6 Å². The van der Waals surface area contributed by atoms with Gasteiger partial charge in [-0.1, -0.05) is 23.4 Å². The van der Waals surface area contributed by atoms with Crippen LogP contribution in [0.3, 0.4) is 0 Å². The second kappa shape index (κ2) is 9.23. The molecule has 1 saturated heterocycles. The van der Waals surface area contributed by atoms with Crippen LogP contribution in [0, 0.1) is 22.9 Å². The van der Waals surface area contributed by atoms with Gasteiger partial charge in [-0.05, 0) is 44.5 Å². The number of piperidine rings is 1. The maximum Gasteiger partial charge on any atom is 0.274 e. The molecule has 0 radical (unpaired) electrons. The minimum atomic E-state index is -0.470. The maximum absolute atomic E-state index is 13.5. The van der Waals surface area contributed by atoms with Crippen molar-refractivity contribution in [3.05, 3.63) is 69.9 Å². The Bertz CT molecular complexity index is 1150. The minimum Gasteiger partial charge on any atom is -0.339 e. The van der Waals surface area contributed by atoms with Crippen LogP contribution in [0.15, 0.2) is 47.0 Å². The molecule has 32 heavy (non-hydrogen) atoms. The topological polar surface area (TPSA) is 114 Å². The smallest absolute Gasteiger partial charge is 0.274 e. The third-order valence-electron chi connectivity index (χ3n) is 5.52. The van der Waals surface area contributed by atoms with Crippen molar-refractivity contribution in [2.75, 3.05) is 25.0 Å². The van der Waals surface area contributed by atoms with Crippen LogP contribution in [0.1, 0.15) is 30.2 Å². The number of anilines is 1. The highest BCUT2D eigenvalue weighted by Crippen LogP contribution is 2.28. The van der Waals surface area contributed by atoms with E-state index in [0.29, 0.717) is 35.1 Å². The van der Waals surface area contributed by atoms with Gasteiger partial charge >= 0.3 is 0 Å². The Kier molecular flexibility index (Phi) is 6.22. The van der Waals surface area contributed by atoms with Crippen molar-refractivity contribution in [3.8, 4) is 11.4 Å². The number of nitro benzene ring substituents is 1. The summed E-state index contributed by atoms with van der Waals surface area (Å²) in [7, 11) is 0. The van der Waals surface area contributed by atoms with Crippen molar-refractivity contribution in [2.45, 2.75) is 25.7 Å². The number of carbonyl (C=O) groups is 1. The number of likely N-dealkylation sites (tertiary alicyclic amines) is 1. The van der Waals surface area contributed by atoms with Crippen molar-refractivity contribution < 1.29 is 18.6 Å². The molecule has 0 saturated carbocycles. The summed E-state index contributed by atoms with van der Waals surface area (Å²) in [5.41, 5.74) is 1.35. The standard InChI is InChI=1S/C22H22FN5O4/c1-14-18(8-3-9-19(14)28(30)31)24-20(29)13-27-10-4-6-16(12-27)22-25-21(26-32-22)15-5-2-7-17(23)11-15/h2-3,5,7-9,11,16H,4,6,10,12-13H2,1H3,(H,24,29). The molecule has 1 fully saturated rings. The lowest BCUT2D eigenvalue weighted by atomic mass is 9.98. The van der Waals surface area contributed by atoms with E-state index in [1.54, 1.807) is 31.2 Å². The molecule has 166 valence electrons. The van der Waals surface area contributed by atoms with E-state index in [9.17, 15) is 19.3 Å². The zero-order valence-electron chi connectivity index (χ0n) is 17.5. The molecule has 2 aromatic carbocycles. The van der Waals surface area contributed by atoms with Crippen molar-refractivity contribution in [1.82, 2.24) is 15.0 Å². The second-order valence-electron chi connectivity index (χ2n) is 7.80. The van der Waals surface area contributed by atoms with E-state index in [4.69, 9.17) is 4.52 Å². The van der Waals surface area contributed by atoms with Crippen LogP contribution in [0.2, 0.25) is 0 Å². The third kappa shape index (κ3) is 4.80. The molecular weight excluding hydrogens is 417 g/mol. The molecule has 10 heteroatoms. The molecule has 1 atom stereocenters. The summed E-state index contributed by atoms with van der Waals surface area (Å²) >= 11 is 0. The summed E-state index contributed by atoms with van der Waals surface area (Å²) in [5, 5.41) is 17.8. The zero-order valence-corrected chi connectivity index (χ0v) is 17.5. The first-order valence-corrected chi connectivity index (χ1v) is 10.3. The average Bonchev–Trinajstić information content (AvgIpc) is 3.26. The largest absolute Gasteiger partial charge is 0.339 e. The monoisotopic (exact) mass is 439 g/mol. The van der Waals surface area contributed by atoms with Gasteiger partial charge in [-0.15, -0.1) is 0 Å². The van der Waals surface area contributed by atoms with Gasteiger partial charge in [0.15, 0.2) is 0 Å². The molecule has 1 N–H and O–H groups in total. The van der Waals surface area contributed by atoms with E-state index in [0.717, 1.165) is 19.4 Å². The van der Waals surface area contributed by atoms with Gasteiger partial charge in [0.05, 0.1) is 28.6 Å². The number of rotatable bonds is 6. The summed E-state index contributed by atoms with van der Waals surface area (Å²) in [5.74, 6) is 0.133. The Hall–Kier alpha value is -3.66. The van der Waals surface area contributed by atoms with Crippen molar-refractivity contribution in [3.63, 3.8) is 0 Å². The number of hydrogen-bond donors (Lipinski definition) is 1. The SMILES string of the molecule is Cc1c(NC(=O)CN2CCCC(c3nc(-c4cccc(F)c4)no3)C2)cccc1[N+](=O)[O-]. The van der Waals surface area contributed by atoms with Crippen LogP contribution in [-0.2, 0) is 4.79 Å². The number of carbonyl (C=O) groups excluding carboxylic acids is 1. The fraction of sp³-hybridized carbons (Fsp3) is 0.318. The van der Waals surface area contributed by atoms with Crippen LogP contribution >= 0.6 is 0 Å². The predicted octanol–water partition coefficient (Wildman–Crippen LogP) is 3.91. The summed E-state index contributed by atoms with van der Waals surface area (Å²) in [6.45, 7) is 3.05. The molecule has 1 unspecified atom stereocenters. The number of benzene rings is 2. The first kappa shape index (κ1) is 21.6. The molecule has 1 aromatic heterocycles. The van der Waals surface area contributed by atoms with Crippen molar-refractivity contribution >= 4 is 17.3 Å². The molecule has 1 aliphatic heterocycles. The van der Waals surface area contributed by atoms with E-state index >= 15 is 0 Å². The van der Waals surface area contributed by atoms with Gasteiger partial charge in [0.1, 0.15) is 5.82 Å². The van der Waals surface area contributed by atoms with E-state index in [-0.39, 0.29) is 29.9 Å². The molecular formula is C22H22FN5O4. The molecule has 0 aliphatic carbocycles. The lowest BCUT2D eigenvalue weighted by Crippen LogP contribution is -2.39. The third-order valence-corrected chi connectivity index (χ3v) is 5.52. The Morgan fingerprint density at radius 2 is 2.16 bits per heavy atom. The predicted molar refractivity (Wildman–Crippen MR) is 115 cm³/mol. The number of nitrogens with one attached hydrogen (secondary N) is 1. The van der Waals surface area contributed by atoms with E-state index in [2.05, 4.69) is 15.5 Å². The first-order valence-electron chi connectivity index (χ1n) is 10.3. The number of aromatic nitrogens is 2. The van der Waals surface area contributed by atoms with Crippen LogP contribution < -0.4 is 5.32 Å². The minimum absolute atomic E-state index is 0.0358. The Balaban J connectivity index is 1.39. The lowest BCUT2D eigenvalue weighted by Gasteiger charge is -2.30. The zero-order chi connectivity index (χ0) is 22.7. The number of nitrogens with zero attached hydrogens (tertiary/aromatic N) is 4. The first-order chi connectivity index (χ1) is 15.4. The normalized spacial score (nSPS) is 16.6. The number of amides is 1. The van der Waals surface area contributed by atoms with Crippen molar-refractivity contribution in [1.29, 1.82) is 0 Å². The molecule has 0 spiro atoms. The van der Waals surface area contributed by atoms with Gasteiger partial charge in [-0.2, -0.15) is 4.98 Å². The highest BCUT2D eigenvalue weighted by molar-refractivity contribution is 5.93. The van der Waals surface area contributed by atoms with Gasteiger partial charge in [-0.3, -0.25) is 19.8 Å². The van der Waals surface area contributed by atoms with Gasteiger partial charge in [0, 0.05) is 18.2 Å². The number of halogens is 1. The molecule has 9 nitrogen and oxygen atoms in total. The molecule has 1 amide bonds. The van der Waals surface area contributed by atoms with Crippen LogP contribution in [0.5, 0.6) is 0 Å². The molecule has 4 rings (SSSR count). The molecule has 1 aliphatic rings. The summed E-state index contributed by atoms with van der Waals surface area (Å²) < 4.78 is 18.9. The average molecular weight is 439 g/mol. The Labute approximate surface area is 183 Å². The number of hydrogen-bond acceptors (Lipinski definition) is 7. The lowest BCUT2D eigenvalue weighted by molar-refractivity contribution is -0.385. The Morgan fingerprint density at radius 3 is 2.94 bits per heavy atom. The number of nitro groups is 1. The van der Waals surface area contributed by atoms with Crippen LogP contribution in [-0.4, -0.2) is 45.5 Å². The second-order valence-corrected chi connectivity index (χ2v) is 7.80. The van der Waals surface area contributed by atoms with Gasteiger partial charge in [-0.25, -0.2) is 4.39 Å². The van der Waals surface area contributed by atoms with Gasteiger partial charge in [0.25, 0.3) is 5.69 Å². The fourth-order valence-corrected chi connectivity index (χ4v) is 3.90. The fourth-order valence-electron chi connectivity index (χ4n) is 3.90. The Morgan fingerprint density at radius 1 is 1.34 bits per heavy atom. The highest BCUT2D eigenvalue weighted by atomic mass is 19.1. The molecule has 3 aromatic rings. The quantitative estimate of drug-likeness (QED) is 0.457. The van der Waals surface area contributed by atoms with E-state index in [1.807, 2.05) is 4.90 Å². The molecule has 0 bridgehead atoms.